The molecule has 3 aromatic rings. The Balaban J connectivity index is 1.58. The fourth-order valence-corrected chi connectivity index (χ4v) is 2.81. The van der Waals surface area contributed by atoms with Crippen molar-refractivity contribution < 1.29 is 9.84 Å². The Morgan fingerprint density at radius 1 is 1.35 bits per heavy atom. The van der Waals surface area contributed by atoms with Crippen LogP contribution in [0, 0.1) is 0 Å². The summed E-state index contributed by atoms with van der Waals surface area (Å²) in [7, 11) is 0. The largest absolute Gasteiger partial charge is 0.396 e. The van der Waals surface area contributed by atoms with Crippen molar-refractivity contribution in [2.75, 3.05) is 31.2 Å². The summed E-state index contributed by atoms with van der Waals surface area (Å²) >= 11 is 0. The van der Waals surface area contributed by atoms with E-state index in [-0.39, 0.29) is 12.7 Å². The SMILES string of the molecule is OCCc1cc(C2CN(c3ncnc4nc[nH]c34)CCO2)n[nH]1. The second kappa shape index (κ2) is 5.94. The van der Waals surface area contributed by atoms with Gasteiger partial charge in [-0.1, -0.05) is 0 Å². The molecule has 1 aliphatic rings. The van der Waals surface area contributed by atoms with Crippen molar-refractivity contribution >= 4 is 17.0 Å². The molecule has 120 valence electrons. The maximum absolute atomic E-state index is 9.00. The molecule has 0 saturated carbocycles. The van der Waals surface area contributed by atoms with Crippen molar-refractivity contribution in [3.05, 3.63) is 30.1 Å². The summed E-state index contributed by atoms with van der Waals surface area (Å²) in [5, 5.41) is 16.2. The van der Waals surface area contributed by atoms with E-state index >= 15 is 0 Å². The molecule has 0 radical (unpaired) electrons. The third-order valence-corrected chi connectivity index (χ3v) is 3.93. The summed E-state index contributed by atoms with van der Waals surface area (Å²) in [5.41, 5.74) is 3.23. The first-order valence-electron chi connectivity index (χ1n) is 7.51. The van der Waals surface area contributed by atoms with Crippen molar-refractivity contribution in [1.82, 2.24) is 30.1 Å². The fourth-order valence-electron chi connectivity index (χ4n) is 2.81. The highest BCUT2D eigenvalue weighted by Crippen LogP contribution is 2.27. The van der Waals surface area contributed by atoms with Gasteiger partial charge in [-0.05, 0) is 6.07 Å². The Kier molecular flexibility index (Phi) is 3.64. The summed E-state index contributed by atoms with van der Waals surface area (Å²) in [6, 6.07) is 1.94. The van der Waals surface area contributed by atoms with Gasteiger partial charge >= 0.3 is 0 Å². The number of fused-ring (bicyclic) bond motifs is 1. The number of aromatic nitrogens is 6. The van der Waals surface area contributed by atoms with E-state index in [1.54, 1.807) is 6.33 Å². The van der Waals surface area contributed by atoms with Gasteiger partial charge < -0.3 is 19.7 Å². The Labute approximate surface area is 131 Å². The summed E-state index contributed by atoms with van der Waals surface area (Å²) in [4.78, 5) is 17.9. The molecule has 0 aromatic carbocycles. The number of imidazole rings is 1. The van der Waals surface area contributed by atoms with Crippen LogP contribution in [-0.4, -0.2) is 61.5 Å². The van der Waals surface area contributed by atoms with E-state index in [1.807, 2.05) is 6.07 Å². The first-order chi connectivity index (χ1) is 11.3. The quantitative estimate of drug-likeness (QED) is 0.629. The summed E-state index contributed by atoms with van der Waals surface area (Å²) in [6.07, 6.45) is 3.57. The van der Waals surface area contributed by atoms with Crippen LogP contribution in [0.5, 0.6) is 0 Å². The topological polar surface area (TPSA) is 116 Å². The lowest BCUT2D eigenvalue weighted by atomic mass is 10.2. The molecule has 0 amide bonds. The third-order valence-electron chi connectivity index (χ3n) is 3.93. The molecular formula is C14H17N7O2. The van der Waals surface area contributed by atoms with Gasteiger partial charge in [0.05, 0.1) is 25.2 Å². The van der Waals surface area contributed by atoms with Crippen LogP contribution >= 0.6 is 0 Å². The lowest BCUT2D eigenvalue weighted by Gasteiger charge is -2.32. The van der Waals surface area contributed by atoms with Crippen LogP contribution in [0.25, 0.3) is 11.2 Å². The van der Waals surface area contributed by atoms with E-state index in [0.29, 0.717) is 25.2 Å². The number of nitrogens with zero attached hydrogens (tertiary/aromatic N) is 5. The zero-order valence-corrected chi connectivity index (χ0v) is 12.4. The van der Waals surface area contributed by atoms with Crippen LogP contribution in [0.1, 0.15) is 17.5 Å². The Morgan fingerprint density at radius 3 is 3.22 bits per heavy atom. The average Bonchev–Trinajstić information content (AvgIpc) is 3.24. The monoisotopic (exact) mass is 315 g/mol. The van der Waals surface area contributed by atoms with Crippen molar-refractivity contribution in [3.8, 4) is 0 Å². The van der Waals surface area contributed by atoms with Gasteiger partial charge in [0.2, 0.25) is 0 Å². The highest BCUT2D eigenvalue weighted by Gasteiger charge is 2.26. The number of aliphatic hydroxyl groups is 1. The van der Waals surface area contributed by atoms with Crippen LogP contribution in [0.2, 0.25) is 0 Å². The van der Waals surface area contributed by atoms with Gasteiger partial charge in [0.1, 0.15) is 17.9 Å². The predicted molar refractivity (Wildman–Crippen MR) is 82.0 cm³/mol. The highest BCUT2D eigenvalue weighted by atomic mass is 16.5. The Hall–Kier alpha value is -2.52. The molecule has 1 aliphatic heterocycles. The van der Waals surface area contributed by atoms with Gasteiger partial charge in [-0.3, -0.25) is 5.10 Å². The van der Waals surface area contributed by atoms with Crippen molar-refractivity contribution in [2.45, 2.75) is 12.5 Å². The molecule has 23 heavy (non-hydrogen) atoms. The zero-order chi connectivity index (χ0) is 15.6. The first kappa shape index (κ1) is 14.1. The predicted octanol–water partition coefficient (Wildman–Crippen LogP) is 0.189. The van der Waals surface area contributed by atoms with Crippen LogP contribution in [0.4, 0.5) is 5.82 Å². The second-order valence-corrected chi connectivity index (χ2v) is 5.40. The number of rotatable bonds is 4. The number of aromatic amines is 2. The molecule has 9 heteroatoms. The minimum absolute atomic E-state index is 0.0953. The second-order valence-electron chi connectivity index (χ2n) is 5.40. The van der Waals surface area contributed by atoms with Gasteiger partial charge in [0.15, 0.2) is 11.5 Å². The normalized spacial score (nSPS) is 18.7. The van der Waals surface area contributed by atoms with E-state index in [2.05, 4.69) is 35.0 Å². The number of hydrogen-bond donors (Lipinski definition) is 3. The molecule has 4 rings (SSSR count). The molecule has 0 aliphatic carbocycles. The van der Waals surface area contributed by atoms with Gasteiger partial charge in [0, 0.05) is 25.3 Å². The lowest BCUT2D eigenvalue weighted by molar-refractivity contribution is 0.0368. The Bertz CT molecular complexity index is 799. The smallest absolute Gasteiger partial charge is 0.182 e. The molecule has 0 bridgehead atoms. The number of H-pyrrole nitrogens is 2. The average molecular weight is 315 g/mol. The molecule has 1 fully saturated rings. The minimum Gasteiger partial charge on any atom is -0.396 e. The molecule has 3 aromatic heterocycles. The van der Waals surface area contributed by atoms with Crippen molar-refractivity contribution in [3.63, 3.8) is 0 Å². The Morgan fingerprint density at radius 2 is 2.30 bits per heavy atom. The number of hydrogen-bond acceptors (Lipinski definition) is 7. The van der Waals surface area contributed by atoms with Crippen molar-refractivity contribution in [2.24, 2.45) is 0 Å². The molecule has 1 atom stereocenters. The maximum Gasteiger partial charge on any atom is 0.182 e. The number of anilines is 1. The van der Waals surface area contributed by atoms with Gasteiger partial charge in [-0.2, -0.15) is 5.10 Å². The molecule has 1 saturated heterocycles. The zero-order valence-electron chi connectivity index (χ0n) is 12.4. The number of ether oxygens (including phenoxy) is 1. The molecule has 9 nitrogen and oxygen atoms in total. The summed E-state index contributed by atoms with van der Waals surface area (Å²) < 4.78 is 5.84. The van der Waals surface area contributed by atoms with Gasteiger partial charge in [-0.15, -0.1) is 0 Å². The first-order valence-corrected chi connectivity index (χ1v) is 7.51. The summed E-state index contributed by atoms with van der Waals surface area (Å²) in [6.45, 7) is 2.08. The van der Waals surface area contributed by atoms with Crippen molar-refractivity contribution in [1.29, 1.82) is 0 Å². The molecule has 4 heterocycles. The standard InChI is InChI=1S/C14H17N7O2/c22-3-1-9-5-10(20-19-9)11-6-21(2-4-23-11)14-12-13(16-7-15-12)17-8-18-14/h5,7-8,11,22H,1-4,6H2,(H,19,20)(H,15,16,17,18). The van der Waals surface area contributed by atoms with Crippen LogP contribution in [-0.2, 0) is 11.2 Å². The van der Waals surface area contributed by atoms with Crippen LogP contribution in [0.15, 0.2) is 18.7 Å². The number of nitrogens with one attached hydrogen (secondary N) is 2. The maximum atomic E-state index is 9.00. The van der Waals surface area contributed by atoms with E-state index in [0.717, 1.165) is 29.3 Å². The minimum atomic E-state index is -0.139. The third kappa shape index (κ3) is 2.64. The van der Waals surface area contributed by atoms with E-state index in [4.69, 9.17) is 9.84 Å². The molecule has 1 unspecified atom stereocenters. The van der Waals surface area contributed by atoms with E-state index < -0.39 is 0 Å². The summed E-state index contributed by atoms with van der Waals surface area (Å²) in [5.74, 6) is 0.826. The van der Waals surface area contributed by atoms with Crippen LogP contribution < -0.4 is 4.90 Å². The number of morpholine rings is 1. The highest BCUT2D eigenvalue weighted by molar-refractivity contribution is 5.82. The van der Waals surface area contributed by atoms with E-state index in [9.17, 15) is 0 Å². The molecule has 0 spiro atoms. The van der Waals surface area contributed by atoms with Crippen LogP contribution in [0.3, 0.4) is 0 Å². The lowest BCUT2D eigenvalue weighted by Crippen LogP contribution is -2.39. The molecular weight excluding hydrogens is 298 g/mol. The van der Waals surface area contributed by atoms with Gasteiger partial charge in [-0.25, -0.2) is 15.0 Å². The molecule has 3 N–H and O–H groups in total. The van der Waals surface area contributed by atoms with E-state index in [1.165, 1.54) is 6.33 Å². The van der Waals surface area contributed by atoms with Gasteiger partial charge in [0.25, 0.3) is 0 Å². The number of aliphatic hydroxyl groups excluding tert-OH is 1. The fraction of sp³-hybridized carbons (Fsp3) is 0.429.